The summed E-state index contributed by atoms with van der Waals surface area (Å²) in [6.45, 7) is 10.0. The van der Waals surface area contributed by atoms with Crippen LogP contribution >= 0.6 is 35.1 Å². The van der Waals surface area contributed by atoms with Crippen molar-refractivity contribution in [1.29, 1.82) is 0 Å². The summed E-state index contributed by atoms with van der Waals surface area (Å²) in [6.07, 6.45) is -0.590. The number of thioether (sulfide) groups is 2. The van der Waals surface area contributed by atoms with Crippen LogP contribution in [0.25, 0.3) is 0 Å². The Morgan fingerprint density at radius 3 is 2.49 bits per heavy atom. The molecule has 266 valence electrons. The number of hydrogen-bond donors (Lipinski definition) is 4. The molecule has 1 fully saturated rings. The fraction of sp³-hybridized carbons (Fsp3) is 0.577. The van der Waals surface area contributed by atoms with Gasteiger partial charge in [-0.2, -0.15) is 9.36 Å². The van der Waals surface area contributed by atoms with Gasteiger partial charge in [0, 0.05) is 29.6 Å². The average Bonchev–Trinajstić information content (AvgIpc) is 3.62. The molecular weight excluding hydrogens is 707 g/mol. The van der Waals surface area contributed by atoms with Crippen molar-refractivity contribution in [1.82, 2.24) is 45.1 Å². The van der Waals surface area contributed by atoms with Crippen molar-refractivity contribution in [2.75, 3.05) is 30.4 Å². The Morgan fingerprint density at radius 1 is 1.14 bits per heavy atom. The Bertz CT molecular complexity index is 1660. The van der Waals surface area contributed by atoms with E-state index in [9.17, 15) is 29.1 Å². The lowest BCUT2D eigenvalue weighted by Gasteiger charge is -2.49. The quantitative estimate of drug-likeness (QED) is 0.0703. The van der Waals surface area contributed by atoms with Gasteiger partial charge in [-0.1, -0.05) is 16.9 Å². The van der Waals surface area contributed by atoms with Crippen molar-refractivity contribution >= 4 is 75.7 Å². The molecule has 4 heterocycles. The van der Waals surface area contributed by atoms with Gasteiger partial charge in [-0.15, -0.1) is 16.9 Å². The summed E-state index contributed by atoms with van der Waals surface area (Å²) in [4.78, 5) is 73.0. The fourth-order valence-electron chi connectivity index (χ4n) is 4.21. The zero-order valence-electron chi connectivity index (χ0n) is 27.3. The van der Waals surface area contributed by atoms with E-state index in [1.807, 2.05) is 0 Å². The van der Waals surface area contributed by atoms with Crippen LogP contribution in [-0.4, -0.2) is 122 Å². The summed E-state index contributed by atoms with van der Waals surface area (Å²) in [6, 6.07) is -1.11. The Labute approximate surface area is 292 Å². The molecule has 1 saturated heterocycles. The van der Waals surface area contributed by atoms with Crippen molar-refractivity contribution in [2.24, 2.45) is 5.16 Å². The summed E-state index contributed by atoms with van der Waals surface area (Å²) < 4.78 is 15.8. The number of nitrogens with one attached hydrogen (secondary N) is 2. The third-order valence-electron chi connectivity index (χ3n) is 6.03. The highest BCUT2D eigenvalue weighted by Gasteiger charge is 2.54. The molecule has 0 bridgehead atoms. The first-order valence-electron chi connectivity index (χ1n) is 14.5. The first kappa shape index (κ1) is 37.3. The predicted octanol–water partition coefficient (Wildman–Crippen LogP) is 0.225. The van der Waals surface area contributed by atoms with Gasteiger partial charge in [0.2, 0.25) is 23.3 Å². The van der Waals surface area contributed by atoms with E-state index in [0.29, 0.717) is 10.7 Å². The van der Waals surface area contributed by atoms with Crippen molar-refractivity contribution in [3.8, 4) is 0 Å². The highest BCUT2D eigenvalue weighted by atomic mass is 32.2. The number of aliphatic carboxylic acids is 1. The van der Waals surface area contributed by atoms with E-state index in [2.05, 4.69) is 40.7 Å². The van der Waals surface area contributed by atoms with Gasteiger partial charge in [0.1, 0.15) is 28.3 Å². The van der Waals surface area contributed by atoms with Crippen molar-refractivity contribution < 1.29 is 43.4 Å². The first-order chi connectivity index (χ1) is 22.9. The number of carbonyl (C=O) groups excluding carboxylic acids is 4. The summed E-state index contributed by atoms with van der Waals surface area (Å²) in [5.74, 6) is -3.46. The molecule has 0 radical (unpaired) electrons. The van der Waals surface area contributed by atoms with Gasteiger partial charge in [-0.05, 0) is 57.5 Å². The van der Waals surface area contributed by atoms with E-state index in [0.717, 1.165) is 28.2 Å². The van der Waals surface area contributed by atoms with Crippen LogP contribution < -0.4 is 16.4 Å². The molecule has 2 aliphatic rings. The number of nitrogen functional groups attached to an aromatic ring is 1. The second-order valence-electron chi connectivity index (χ2n) is 12.3. The van der Waals surface area contributed by atoms with Crippen molar-refractivity contribution in [3.63, 3.8) is 0 Å². The van der Waals surface area contributed by atoms with Gasteiger partial charge in [0.25, 0.3) is 11.8 Å². The number of rotatable bonds is 13. The molecule has 23 heteroatoms. The van der Waals surface area contributed by atoms with Gasteiger partial charge in [-0.25, -0.2) is 19.1 Å². The number of fused-ring (bicyclic) bond motifs is 1. The number of tetrazole rings is 1. The van der Waals surface area contributed by atoms with Gasteiger partial charge >= 0.3 is 18.0 Å². The number of carbonyl (C=O) groups is 5. The Hall–Kier alpha value is -4.51. The number of β-lactam (4-membered cyclic amide) rings is 1. The summed E-state index contributed by atoms with van der Waals surface area (Å²) >= 11 is 3.20. The molecule has 49 heavy (non-hydrogen) atoms. The maximum absolute atomic E-state index is 13.3. The number of nitrogens with zero attached hydrogens (tertiary/aromatic N) is 8. The maximum Gasteiger partial charge on any atom is 0.407 e. The van der Waals surface area contributed by atoms with E-state index < -0.39 is 64.8 Å². The molecule has 2 aromatic rings. The summed E-state index contributed by atoms with van der Waals surface area (Å²) in [5.41, 5.74) is 4.03. The molecule has 0 saturated carbocycles. The third kappa shape index (κ3) is 10.0. The van der Waals surface area contributed by atoms with Crippen LogP contribution in [0.1, 0.15) is 47.4 Å². The van der Waals surface area contributed by atoms with E-state index in [-0.39, 0.29) is 41.2 Å². The van der Waals surface area contributed by atoms with Crippen LogP contribution in [0.3, 0.4) is 0 Å². The van der Waals surface area contributed by atoms with E-state index >= 15 is 0 Å². The first-order valence-corrected chi connectivity index (χ1v) is 17.3. The van der Waals surface area contributed by atoms with Crippen LogP contribution in [0.4, 0.5) is 9.93 Å². The summed E-state index contributed by atoms with van der Waals surface area (Å²) in [5, 5.41) is 30.2. The Kier molecular flexibility index (Phi) is 11.7. The lowest BCUT2D eigenvalue weighted by atomic mass is 10.0. The minimum Gasteiger partial charge on any atom is -0.477 e. The van der Waals surface area contributed by atoms with E-state index in [4.69, 9.17) is 20.0 Å². The number of aromatic nitrogens is 6. The van der Waals surface area contributed by atoms with Crippen LogP contribution in [0.15, 0.2) is 21.6 Å². The molecule has 4 rings (SSSR count). The Balaban J connectivity index is 1.40. The Morgan fingerprint density at radius 2 is 1.86 bits per heavy atom. The van der Waals surface area contributed by atoms with Gasteiger partial charge in [0.15, 0.2) is 5.13 Å². The largest absolute Gasteiger partial charge is 0.477 e. The SMILES string of the molecule is CC(C)(C)OC(=O)CO/N=C(\C(=O)NC1C(=O)N2C(C(=O)O)=C(CSc3nnnn3CCNC(=O)OC(C)(C)C)CS[C@H]12)c1nsc(N)n1. The second kappa shape index (κ2) is 15.4. The van der Waals surface area contributed by atoms with Crippen molar-refractivity contribution in [2.45, 2.75) is 75.9 Å². The topological polar surface area (TPSA) is 268 Å². The number of ether oxygens (including phenoxy) is 2. The van der Waals surface area contributed by atoms with E-state index in [1.165, 1.54) is 16.4 Å². The average molecular weight is 742 g/mol. The number of alkyl carbamates (subject to hydrolysis) is 1. The zero-order valence-corrected chi connectivity index (χ0v) is 29.7. The molecule has 20 nitrogen and oxygen atoms in total. The number of amides is 3. The molecule has 0 aliphatic carbocycles. The normalized spacial score (nSPS) is 18.0. The van der Waals surface area contributed by atoms with Crippen LogP contribution in [0, 0.1) is 0 Å². The fourth-order valence-corrected chi connectivity index (χ4v) is 7.03. The number of carboxylic acids is 1. The minimum atomic E-state index is -1.32. The van der Waals surface area contributed by atoms with Gasteiger partial charge < -0.3 is 35.8 Å². The number of carboxylic acid groups (broad SMARTS) is 1. The molecule has 3 amide bonds. The predicted molar refractivity (Wildman–Crippen MR) is 175 cm³/mol. The number of anilines is 1. The number of esters is 1. The lowest BCUT2D eigenvalue weighted by Crippen LogP contribution is -2.71. The third-order valence-corrected chi connectivity index (χ3v) is 8.96. The van der Waals surface area contributed by atoms with Gasteiger partial charge in [0.05, 0.1) is 6.54 Å². The molecule has 2 aromatic heterocycles. The molecule has 0 aromatic carbocycles. The molecule has 2 aliphatic heterocycles. The standard InChI is InChI=1S/C26H35N11O9S3/c1-25(2,3)45-13(38)9-44-32-14(17-30-22(27)49-33-17)18(39)29-15-19(40)37-16(21(41)42)12(10-47-20(15)37)11-48-23-31-34-35-36(23)8-7-28-24(43)46-26(4,5)6/h15,20H,7-11H2,1-6H3,(H,28,43)(H,29,39)(H,41,42)(H2,27,30,33)/b32-14-/t15?,20-/m1/s1. The monoisotopic (exact) mass is 741 g/mol. The molecular formula is C26H35N11O9S3. The van der Waals surface area contributed by atoms with Crippen LogP contribution in [0.2, 0.25) is 0 Å². The summed E-state index contributed by atoms with van der Waals surface area (Å²) in [7, 11) is 0. The number of oxime groups is 1. The van der Waals surface area contributed by atoms with E-state index in [1.54, 1.807) is 41.5 Å². The molecule has 0 spiro atoms. The highest BCUT2D eigenvalue weighted by molar-refractivity contribution is 8.01. The zero-order chi connectivity index (χ0) is 36.1. The molecule has 5 N–H and O–H groups in total. The lowest BCUT2D eigenvalue weighted by molar-refractivity contribution is -0.160. The highest BCUT2D eigenvalue weighted by Crippen LogP contribution is 2.41. The number of hydrogen-bond acceptors (Lipinski definition) is 18. The van der Waals surface area contributed by atoms with Crippen LogP contribution in [-0.2, 0) is 40.0 Å². The van der Waals surface area contributed by atoms with Crippen LogP contribution in [0.5, 0.6) is 0 Å². The van der Waals surface area contributed by atoms with Crippen molar-refractivity contribution in [3.05, 3.63) is 17.1 Å². The molecule has 2 atom stereocenters. The molecule has 1 unspecified atom stereocenters. The smallest absolute Gasteiger partial charge is 0.407 e. The minimum absolute atomic E-state index is 0.0320. The van der Waals surface area contributed by atoms with Gasteiger partial charge in [-0.3, -0.25) is 14.5 Å². The second-order valence-corrected chi connectivity index (χ2v) is 15.1. The maximum atomic E-state index is 13.3. The number of nitrogens with two attached hydrogens (primary N) is 1.